The van der Waals surface area contributed by atoms with Gasteiger partial charge in [-0.25, -0.2) is 4.98 Å². The highest BCUT2D eigenvalue weighted by atomic mass is 79.9. The first kappa shape index (κ1) is 12.7. The average molecular weight is 308 g/mol. The van der Waals surface area contributed by atoms with Crippen molar-refractivity contribution in [1.82, 2.24) is 4.98 Å². The number of rotatable bonds is 3. The van der Waals surface area contributed by atoms with Crippen molar-refractivity contribution in [2.24, 2.45) is 0 Å². The number of pyridine rings is 1. The highest BCUT2D eigenvalue weighted by molar-refractivity contribution is 9.10. The fraction of sp³-hybridized carbons (Fsp3) is 0.154. The summed E-state index contributed by atoms with van der Waals surface area (Å²) in [6, 6.07) is 9.55. The molecule has 0 aliphatic heterocycles. The van der Waals surface area contributed by atoms with E-state index in [9.17, 15) is 0 Å². The van der Waals surface area contributed by atoms with Gasteiger partial charge in [0, 0.05) is 25.8 Å². The van der Waals surface area contributed by atoms with Crippen molar-refractivity contribution < 1.29 is 4.74 Å². The zero-order valence-electron chi connectivity index (χ0n) is 10.2. The van der Waals surface area contributed by atoms with E-state index < -0.39 is 0 Å². The van der Waals surface area contributed by atoms with Crippen molar-refractivity contribution in [3.63, 3.8) is 0 Å². The number of nitrogens with two attached hydrogens (primary N) is 1. The van der Waals surface area contributed by atoms with Crippen LogP contribution in [0.15, 0.2) is 41.0 Å². The fourth-order valence-electron chi connectivity index (χ4n) is 1.45. The average Bonchev–Trinajstić information content (AvgIpc) is 2.33. The van der Waals surface area contributed by atoms with Gasteiger partial charge in [-0.2, -0.15) is 0 Å². The molecule has 0 aliphatic carbocycles. The summed E-state index contributed by atoms with van der Waals surface area (Å²) < 4.78 is 6.45. The van der Waals surface area contributed by atoms with Crippen LogP contribution in [0.5, 0.6) is 11.6 Å². The first-order valence-corrected chi connectivity index (χ1v) is 6.22. The Balaban J connectivity index is 2.25. The Hall–Kier alpha value is -1.75. The molecule has 0 amide bonds. The smallest absolute Gasteiger partial charge is 0.233 e. The number of aromatic nitrogens is 1. The molecule has 1 heterocycles. The number of nitrogens with zero attached hydrogens (tertiary/aromatic N) is 2. The van der Waals surface area contributed by atoms with Gasteiger partial charge in [0.15, 0.2) is 0 Å². The second kappa shape index (κ2) is 5.27. The number of ether oxygens (including phenoxy) is 1. The SMILES string of the molecule is CN(C)c1cccc(Oc2ncc(N)cc2Br)c1. The molecule has 2 N–H and O–H groups in total. The van der Waals surface area contributed by atoms with E-state index >= 15 is 0 Å². The Morgan fingerprint density at radius 1 is 1.28 bits per heavy atom. The van der Waals surface area contributed by atoms with E-state index in [1.807, 2.05) is 43.3 Å². The van der Waals surface area contributed by atoms with Crippen LogP contribution < -0.4 is 15.4 Å². The minimum Gasteiger partial charge on any atom is -0.438 e. The highest BCUT2D eigenvalue weighted by Crippen LogP contribution is 2.30. The standard InChI is InChI=1S/C13H14BrN3O/c1-17(2)10-4-3-5-11(7-10)18-13-12(14)6-9(15)8-16-13/h3-8H,15H2,1-2H3. The predicted molar refractivity (Wildman–Crippen MR) is 77.2 cm³/mol. The van der Waals surface area contributed by atoms with E-state index in [-0.39, 0.29) is 0 Å². The van der Waals surface area contributed by atoms with Gasteiger partial charge >= 0.3 is 0 Å². The lowest BCUT2D eigenvalue weighted by molar-refractivity contribution is 0.460. The summed E-state index contributed by atoms with van der Waals surface area (Å²) >= 11 is 3.37. The van der Waals surface area contributed by atoms with Crippen molar-refractivity contribution in [3.8, 4) is 11.6 Å². The summed E-state index contributed by atoms with van der Waals surface area (Å²) in [5, 5.41) is 0. The fourth-order valence-corrected chi connectivity index (χ4v) is 1.90. The quantitative estimate of drug-likeness (QED) is 0.945. The molecule has 4 nitrogen and oxygen atoms in total. The molecule has 0 atom stereocenters. The van der Waals surface area contributed by atoms with Crippen molar-refractivity contribution in [3.05, 3.63) is 41.0 Å². The van der Waals surface area contributed by atoms with Gasteiger partial charge in [0.05, 0.1) is 16.4 Å². The Morgan fingerprint density at radius 2 is 2.06 bits per heavy atom. The highest BCUT2D eigenvalue weighted by Gasteiger charge is 2.06. The van der Waals surface area contributed by atoms with Crippen LogP contribution in [0.3, 0.4) is 0 Å². The second-order valence-corrected chi connectivity index (χ2v) is 4.90. The molecule has 5 heteroatoms. The summed E-state index contributed by atoms with van der Waals surface area (Å²) in [5.74, 6) is 1.24. The van der Waals surface area contributed by atoms with Gasteiger partial charge < -0.3 is 15.4 Å². The largest absolute Gasteiger partial charge is 0.438 e. The van der Waals surface area contributed by atoms with Crippen LogP contribution in [0.25, 0.3) is 0 Å². The van der Waals surface area contributed by atoms with E-state index in [4.69, 9.17) is 10.5 Å². The number of hydrogen-bond donors (Lipinski definition) is 1. The Morgan fingerprint density at radius 3 is 2.72 bits per heavy atom. The molecule has 18 heavy (non-hydrogen) atoms. The molecule has 1 aromatic heterocycles. The van der Waals surface area contributed by atoms with E-state index in [1.54, 1.807) is 12.3 Å². The number of halogens is 1. The molecule has 0 saturated heterocycles. The molecular formula is C13H14BrN3O. The lowest BCUT2D eigenvalue weighted by Crippen LogP contribution is -2.08. The number of anilines is 2. The maximum atomic E-state index is 5.71. The first-order chi connectivity index (χ1) is 8.56. The van der Waals surface area contributed by atoms with E-state index in [0.29, 0.717) is 11.6 Å². The minimum atomic E-state index is 0.500. The van der Waals surface area contributed by atoms with Gasteiger partial charge in [0.1, 0.15) is 5.75 Å². The first-order valence-electron chi connectivity index (χ1n) is 5.42. The predicted octanol–water partition coefficient (Wildman–Crippen LogP) is 3.28. The molecule has 2 rings (SSSR count). The Labute approximate surface area is 115 Å². The van der Waals surface area contributed by atoms with Gasteiger partial charge in [-0.1, -0.05) is 6.07 Å². The summed E-state index contributed by atoms with van der Waals surface area (Å²) in [5.41, 5.74) is 7.29. The molecule has 0 fully saturated rings. The van der Waals surface area contributed by atoms with Crippen molar-refractivity contribution >= 4 is 27.3 Å². The van der Waals surface area contributed by atoms with Gasteiger partial charge in [-0.05, 0) is 34.1 Å². The van der Waals surface area contributed by atoms with E-state index in [2.05, 4.69) is 20.9 Å². The monoisotopic (exact) mass is 307 g/mol. The van der Waals surface area contributed by atoms with Crippen LogP contribution in [0.2, 0.25) is 0 Å². The molecule has 1 aromatic carbocycles. The van der Waals surface area contributed by atoms with Gasteiger partial charge in [0.25, 0.3) is 0 Å². The normalized spacial score (nSPS) is 10.2. The summed E-state index contributed by atoms with van der Waals surface area (Å²) in [4.78, 5) is 6.15. The summed E-state index contributed by atoms with van der Waals surface area (Å²) in [6.07, 6.45) is 1.57. The maximum Gasteiger partial charge on any atom is 0.233 e. The molecule has 0 unspecified atom stereocenters. The van der Waals surface area contributed by atoms with Crippen LogP contribution in [0.4, 0.5) is 11.4 Å². The molecule has 0 bridgehead atoms. The van der Waals surface area contributed by atoms with Gasteiger partial charge in [-0.15, -0.1) is 0 Å². The lowest BCUT2D eigenvalue weighted by Gasteiger charge is -2.14. The third-order valence-electron chi connectivity index (χ3n) is 2.38. The third kappa shape index (κ3) is 2.92. The van der Waals surface area contributed by atoms with Crippen LogP contribution in [-0.4, -0.2) is 19.1 Å². The van der Waals surface area contributed by atoms with Crippen LogP contribution in [0.1, 0.15) is 0 Å². The van der Waals surface area contributed by atoms with Crippen molar-refractivity contribution in [2.45, 2.75) is 0 Å². The van der Waals surface area contributed by atoms with Crippen LogP contribution in [-0.2, 0) is 0 Å². The van der Waals surface area contributed by atoms with Crippen LogP contribution in [0, 0.1) is 0 Å². The number of nitrogen functional groups attached to an aromatic ring is 1. The Bertz CT molecular complexity index is 558. The lowest BCUT2D eigenvalue weighted by atomic mass is 10.3. The molecule has 0 aliphatic rings. The van der Waals surface area contributed by atoms with E-state index in [1.165, 1.54) is 0 Å². The van der Waals surface area contributed by atoms with Gasteiger partial charge in [-0.3, -0.25) is 0 Å². The van der Waals surface area contributed by atoms with Gasteiger partial charge in [0.2, 0.25) is 5.88 Å². The zero-order valence-corrected chi connectivity index (χ0v) is 11.8. The Kier molecular flexibility index (Phi) is 3.72. The third-order valence-corrected chi connectivity index (χ3v) is 2.95. The second-order valence-electron chi connectivity index (χ2n) is 4.05. The van der Waals surface area contributed by atoms with Crippen molar-refractivity contribution in [1.29, 1.82) is 0 Å². The topological polar surface area (TPSA) is 51.4 Å². The molecule has 2 aromatic rings. The minimum absolute atomic E-state index is 0.500. The number of benzene rings is 1. The zero-order chi connectivity index (χ0) is 13.1. The summed E-state index contributed by atoms with van der Waals surface area (Å²) in [7, 11) is 3.97. The molecular weight excluding hydrogens is 294 g/mol. The summed E-state index contributed by atoms with van der Waals surface area (Å²) in [6.45, 7) is 0. The maximum absolute atomic E-state index is 5.71. The van der Waals surface area contributed by atoms with E-state index in [0.717, 1.165) is 15.9 Å². The van der Waals surface area contributed by atoms with Crippen molar-refractivity contribution in [2.75, 3.05) is 24.7 Å². The number of hydrogen-bond acceptors (Lipinski definition) is 4. The molecule has 94 valence electrons. The molecule has 0 saturated carbocycles. The van der Waals surface area contributed by atoms with Crippen LogP contribution >= 0.6 is 15.9 Å². The molecule has 0 radical (unpaired) electrons. The molecule has 0 spiro atoms.